The number of hydrogen-bond acceptors (Lipinski definition) is 3. The molecule has 98 valence electrons. The Balaban J connectivity index is 2.08. The van der Waals surface area contributed by atoms with E-state index in [-0.39, 0.29) is 18.0 Å². The molecule has 2 aromatic rings. The lowest BCUT2D eigenvalue weighted by atomic mass is 10.1. The summed E-state index contributed by atoms with van der Waals surface area (Å²) in [6.07, 6.45) is 2.75. The maximum Gasteiger partial charge on any atom is 0.253 e. The number of rotatable bonds is 3. The molecule has 0 spiro atoms. The summed E-state index contributed by atoms with van der Waals surface area (Å²) in [6, 6.07) is 7.01. The Kier molecular flexibility index (Phi) is 3.75. The molecule has 0 bridgehead atoms. The zero-order valence-corrected chi connectivity index (χ0v) is 10.9. The van der Waals surface area contributed by atoms with Crippen LogP contribution in [0.15, 0.2) is 41.6 Å². The van der Waals surface area contributed by atoms with Crippen LogP contribution in [0, 0.1) is 13.8 Å². The van der Waals surface area contributed by atoms with Crippen LogP contribution in [0.1, 0.15) is 11.1 Å². The molecule has 2 rings (SSSR count). The molecule has 0 saturated carbocycles. The summed E-state index contributed by atoms with van der Waals surface area (Å²) in [6.45, 7) is 3.95. The largest absolute Gasteiger partial charge is 0.325 e. The first-order valence-corrected chi connectivity index (χ1v) is 5.94. The van der Waals surface area contributed by atoms with Crippen molar-refractivity contribution in [2.24, 2.45) is 0 Å². The molecule has 0 saturated heterocycles. The van der Waals surface area contributed by atoms with E-state index < -0.39 is 0 Å². The first-order chi connectivity index (χ1) is 9.06. The SMILES string of the molecule is Cc1ccc(NC(=O)Cn2cnccc2=O)cc1C. The van der Waals surface area contributed by atoms with Crippen molar-refractivity contribution in [3.8, 4) is 0 Å². The van der Waals surface area contributed by atoms with Gasteiger partial charge in [0, 0.05) is 18.0 Å². The van der Waals surface area contributed by atoms with Crippen molar-refractivity contribution < 1.29 is 4.79 Å². The van der Waals surface area contributed by atoms with Crippen molar-refractivity contribution in [2.75, 3.05) is 5.32 Å². The number of aromatic nitrogens is 2. The molecule has 1 N–H and O–H groups in total. The third-order valence-electron chi connectivity index (χ3n) is 2.90. The number of hydrogen-bond donors (Lipinski definition) is 1. The average molecular weight is 257 g/mol. The van der Waals surface area contributed by atoms with Gasteiger partial charge in [-0.15, -0.1) is 0 Å². The molecule has 5 nitrogen and oxygen atoms in total. The minimum absolute atomic E-state index is 0.0421. The molecule has 0 radical (unpaired) electrons. The van der Waals surface area contributed by atoms with Crippen LogP contribution in [0.5, 0.6) is 0 Å². The van der Waals surface area contributed by atoms with Gasteiger partial charge in [-0.3, -0.25) is 14.2 Å². The minimum atomic E-state index is -0.252. The Hall–Kier alpha value is -2.43. The second kappa shape index (κ2) is 5.48. The summed E-state index contributed by atoms with van der Waals surface area (Å²) >= 11 is 0. The van der Waals surface area contributed by atoms with Crippen molar-refractivity contribution >= 4 is 11.6 Å². The van der Waals surface area contributed by atoms with E-state index in [2.05, 4.69) is 10.3 Å². The van der Waals surface area contributed by atoms with Crippen LogP contribution >= 0.6 is 0 Å². The standard InChI is InChI=1S/C14H15N3O2/c1-10-3-4-12(7-11(10)2)16-13(18)8-17-9-15-6-5-14(17)19/h3-7,9H,8H2,1-2H3,(H,16,18). The van der Waals surface area contributed by atoms with E-state index in [4.69, 9.17) is 0 Å². The Bertz CT molecular complexity index is 662. The zero-order chi connectivity index (χ0) is 13.8. The van der Waals surface area contributed by atoms with Gasteiger partial charge in [-0.2, -0.15) is 0 Å². The number of benzene rings is 1. The molecule has 0 aliphatic heterocycles. The highest BCUT2D eigenvalue weighted by Crippen LogP contribution is 2.13. The Labute approximate surface area is 110 Å². The van der Waals surface area contributed by atoms with Gasteiger partial charge in [-0.25, -0.2) is 4.98 Å². The topological polar surface area (TPSA) is 64.0 Å². The number of amides is 1. The maximum atomic E-state index is 11.8. The summed E-state index contributed by atoms with van der Waals surface area (Å²) in [5.41, 5.74) is 2.76. The molecule has 5 heteroatoms. The van der Waals surface area contributed by atoms with Crippen LogP contribution in [0.4, 0.5) is 5.69 Å². The number of aryl methyl sites for hydroxylation is 2. The summed E-state index contributed by atoms with van der Waals surface area (Å²) < 4.78 is 1.26. The molecule has 0 aliphatic rings. The summed E-state index contributed by atoms with van der Waals surface area (Å²) in [5.74, 6) is -0.252. The Morgan fingerprint density at radius 3 is 2.74 bits per heavy atom. The van der Waals surface area contributed by atoms with E-state index >= 15 is 0 Å². The second-order valence-electron chi connectivity index (χ2n) is 4.39. The van der Waals surface area contributed by atoms with E-state index in [9.17, 15) is 9.59 Å². The smallest absolute Gasteiger partial charge is 0.253 e. The van der Waals surface area contributed by atoms with Gasteiger partial charge in [0.25, 0.3) is 5.56 Å². The molecule has 1 heterocycles. The molecule has 1 amide bonds. The van der Waals surface area contributed by atoms with Gasteiger partial charge in [-0.1, -0.05) is 6.07 Å². The number of carbonyl (C=O) groups excluding carboxylic acids is 1. The molecular formula is C14H15N3O2. The van der Waals surface area contributed by atoms with Gasteiger partial charge in [0.15, 0.2) is 0 Å². The van der Waals surface area contributed by atoms with Crippen LogP contribution in [0.2, 0.25) is 0 Å². The van der Waals surface area contributed by atoms with Gasteiger partial charge in [0.05, 0.1) is 6.33 Å². The summed E-state index contributed by atoms with van der Waals surface area (Å²) in [7, 11) is 0. The molecule has 0 fully saturated rings. The van der Waals surface area contributed by atoms with Crippen molar-refractivity contribution in [3.63, 3.8) is 0 Å². The van der Waals surface area contributed by atoms with Gasteiger partial charge in [0.2, 0.25) is 5.91 Å². The summed E-state index contributed by atoms with van der Waals surface area (Å²) in [4.78, 5) is 27.1. The zero-order valence-electron chi connectivity index (χ0n) is 10.9. The number of nitrogens with zero attached hydrogens (tertiary/aromatic N) is 2. The maximum absolute atomic E-state index is 11.8. The van der Waals surface area contributed by atoms with Crippen molar-refractivity contribution in [2.45, 2.75) is 20.4 Å². The fourth-order valence-electron chi connectivity index (χ4n) is 1.67. The molecule has 1 aromatic heterocycles. The Morgan fingerprint density at radius 2 is 2.05 bits per heavy atom. The van der Waals surface area contributed by atoms with E-state index in [1.165, 1.54) is 28.7 Å². The van der Waals surface area contributed by atoms with Crippen LogP contribution in [0.25, 0.3) is 0 Å². The number of nitrogens with one attached hydrogen (secondary N) is 1. The highest BCUT2D eigenvalue weighted by Gasteiger charge is 2.05. The van der Waals surface area contributed by atoms with Crippen LogP contribution in [0.3, 0.4) is 0 Å². The van der Waals surface area contributed by atoms with Gasteiger partial charge < -0.3 is 5.32 Å². The van der Waals surface area contributed by atoms with Gasteiger partial charge in [-0.05, 0) is 37.1 Å². The average Bonchev–Trinajstić information content (AvgIpc) is 2.37. The molecule has 1 aromatic carbocycles. The highest BCUT2D eigenvalue weighted by molar-refractivity contribution is 5.90. The molecular weight excluding hydrogens is 242 g/mol. The highest BCUT2D eigenvalue weighted by atomic mass is 16.2. The van der Waals surface area contributed by atoms with E-state index in [0.29, 0.717) is 0 Å². The van der Waals surface area contributed by atoms with E-state index in [0.717, 1.165) is 11.3 Å². The Morgan fingerprint density at radius 1 is 1.26 bits per heavy atom. The predicted octanol–water partition coefficient (Wildman–Crippen LogP) is 1.50. The first kappa shape index (κ1) is 13.0. The molecule has 0 aliphatic carbocycles. The normalized spacial score (nSPS) is 10.2. The lowest BCUT2D eigenvalue weighted by Gasteiger charge is -2.08. The van der Waals surface area contributed by atoms with Crippen molar-refractivity contribution in [1.82, 2.24) is 9.55 Å². The quantitative estimate of drug-likeness (QED) is 0.906. The molecule has 19 heavy (non-hydrogen) atoms. The summed E-state index contributed by atoms with van der Waals surface area (Å²) in [5, 5.41) is 2.76. The first-order valence-electron chi connectivity index (χ1n) is 5.94. The predicted molar refractivity (Wildman–Crippen MR) is 73.0 cm³/mol. The van der Waals surface area contributed by atoms with E-state index in [1.54, 1.807) is 0 Å². The molecule has 0 unspecified atom stereocenters. The van der Waals surface area contributed by atoms with Crippen LogP contribution in [-0.2, 0) is 11.3 Å². The van der Waals surface area contributed by atoms with Crippen LogP contribution in [-0.4, -0.2) is 15.5 Å². The van der Waals surface area contributed by atoms with Crippen molar-refractivity contribution in [1.29, 1.82) is 0 Å². The van der Waals surface area contributed by atoms with E-state index in [1.807, 2.05) is 32.0 Å². The fourth-order valence-corrected chi connectivity index (χ4v) is 1.67. The third kappa shape index (κ3) is 3.28. The molecule has 0 atom stereocenters. The van der Waals surface area contributed by atoms with Crippen LogP contribution < -0.4 is 10.9 Å². The third-order valence-corrected chi connectivity index (χ3v) is 2.90. The van der Waals surface area contributed by atoms with Gasteiger partial charge >= 0.3 is 0 Å². The monoisotopic (exact) mass is 257 g/mol. The minimum Gasteiger partial charge on any atom is -0.325 e. The second-order valence-corrected chi connectivity index (χ2v) is 4.39. The fraction of sp³-hybridized carbons (Fsp3) is 0.214. The number of anilines is 1. The number of carbonyl (C=O) groups is 1. The lowest BCUT2D eigenvalue weighted by molar-refractivity contribution is -0.116. The lowest BCUT2D eigenvalue weighted by Crippen LogP contribution is -2.27. The van der Waals surface area contributed by atoms with Gasteiger partial charge in [0.1, 0.15) is 6.54 Å². The van der Waals surface area contributed by atoms with Crippen molar-refractivity contribution in [3.05, 3.63) is 58.3 Å².